The van der Waals surface area contributed by atoms with E-state index < -0.39 is 0 Å². The number of methoxy groups -OCH3 is 1. The molecule has 0 atom stereocenters. The number of ether oxygens (including phenoxy) is 1. The van der Waals surface area contributed by atoms with Gasteiger partial charge in [-0.05, 0) is 37.5 Å². The molecule has 7 heteroatoms. The van der Waals surface area contributed by atoms with E-state index in [2.05, 4.69) is 20.4 Å². The van der Waals surface area contributed by atoms with Crippen molar-refractivity contribution in [1.29, 1.82) is 0 Å². The van der Waals surface area contributed by atoms with E-state index in [0.717, 1.165) is 24.2 Å². The third-order valence-electron chi connectivity index (χ3n) is 3.52. The third kappa shape index (κ3) is 3.40. The minimum atomic E-state index is 0.366. The first kappa shape index (κ1) is 15.2. The Morgan fingerprint density at radius 2 is 2.22 bits per heavy atom. The summed E-state index contributed by atoms with van der Waals surface area (Å²) in [5, 5.41) is 7.72. The summed E-state index contributed by atoms with van der Waals surface area (Å²) in [7, 11) is 1.69. The van der Waals surface area contributed by atoms with Crippen molar-refractivity contribution in [1.82, 2.24) is 19.6 Å². The van der Waals surface area contributed by atoms with Crippen LogP contribution < -0.4 is 11.1 Å². The van der Waals surface area contributed by atoms with Gasteiger partial charge in [0.05, 0.1) is 11.9 Å². The third-order valence-corrected chi connectivity index (χ3v) is 3.52. The maximum Gasteiger partial charge on any atom is 0.247 e. The summed E-state index contributed by atoms with van der Waals surface area (Å²) in [6.45, 7) is 2.73. The van der Waals surface area contributed by atoms with Crippen molar-refractivity contribution in [3.63, 3.8) is 0 Å². The number of nitrogens with zero attached hydrogens (tertiary/aromatic N) is 4. The fraction of sp³-hybridized carbons (Fsp3) is 0.312. The Hall–Kier alpha value is -2.67. The van der Waals surface area contributed by atoms with E-state index in [4.69, 9.17) is 10.5 Å². The minimum absolute atomic E-state index is 0.366. The van der Waals surface area contributed by atoms with Crippen molar-refractivity contribution in [3.8, 4) is 0 Å². The predicted molar refractivity (Wildman–Crippen MR) is 89.9 cm³/mol. The predicted octanol–water partition coefficient (Wildman–Crippen LogP) is 2.34. The summed E-state index contributed by atoms with van der Waals surface area (Å²) >= 11 is 0. The maximum absolute atomic E-state index is 5.92. The van der Waals surface area contributed by atoms with Gasteiger partial charge in [-0.15, -0.1) is 5.10 Å². The fourth-order valence-corrected chi connectivity index (χ4v) is 2.41. The first-order valence-corrected chi connectivity index (χ1v) is 7.50. The summed E-state index contributed by atoms with van der Waals surface area (Å²) in [6.07, 6.45) is 3.42. The van der Waals surface area contributed by atoms with E-state index in [9.17, 15) is 0 Å². The number of rotatable bonds is 6. The summed E-state index contributed by atoms with van der Waals surface area (Å²) in [5.74, 6) is 0.869. The van der Waals surface area contributed by atoms with Crippen LogP contribution in [0.25, 0.3) is 5.65 Å². The van der Waals surface area contributed by atoms with Crippen molar-refractivity contribution in [3.05, 3.63) is 41.7 Å². The Morgan fingerprint density at radius 3 is 3.00 bits per heavy atom. The number of hydrogen-bond donors (Lipinski definition) is 2. The number of nitrogens with one attached hydrogen (secondary N) is 1. The Balaban J connectivity index is 1.90. The highest BCUT2D eigenvalue weighted by Crippen LogP contribution is 2.18. The number of aromatic nitrogens is 4. The number of anilines is 3. The van der Waals surface area contributed by atoms with Gasteiger partial charge in [0.25, 0.3) is 0 Å². The highest BCUT2D eigenvalue weighted by atomic mass is 16.5. The molecule has 0 amide bonds. The average Bonchev–Trinajstić information content (AvgIpc) is 2.94. The van der Waals surface area contributed by atoms with Crippen LogP contribution in [0, 0.1) is 6.92 Å². The van der Waals surface area contributed by atoms with Crippen LogP contribution in [0.5, 0.6) is 0 Å². The second kappa shape index (κ2) is 6.62. The molecule has 0 aliphatic carbocycles. The van der Waals surface area contributed by atoms with E-state index in [1.165, 1.54) is 5.56 Å². The summed E-state index contributed by atoms with van der Waals surface area (Å²) in [6, 6.07) is 8.03. The van der Waals surface area contributed by atoms with Gasteiger partial charge in [-0.1, -0.05) is 12.1 Å². The van der Waals surface area contributed by atoms with Crippen molar-refractivity contribution in [2.75, 3.05) is 24.8 Å². The second-order valence-electron chi connectivity index (χ2n) is 5.40. The zero-order valence-electron chi connectivity index (χ0n) is 13.3. The number of benzene rings is 1. The van der Waals surface area contributed by atoms with Gasteiger partial charge in [0.1, 0.15) is 0 Å². The van der Waals surface area contributed by atoms with Crippen LogP contribution in [0.15, 0.2) is 30.5 Å². The molecule has 3 N–H and O–H groups in total. The lowest BCUT2D eigenvalue weighted by Gasteiger charge is -2.04. The Labute approximate surface area is 134 Å². The van der Waals surface area contributed by atoms with Crippen molar-refractivity contribution in [2.45, 2.75) is 19.8 Å². The molecular weight excluding hydrogens is 292 g/mol. The van der Waals surface area contributed by atoms with Crippen LogP contribution >= 0.6 is 0 Å². The molecule has 0 bridgehead atoms. The fourth-order valence-electron chi connectivity index (χ4n) is 2.41. The van der Waals surface area contributed by atoms with Crippen LogP contribution in [-0.2, 0) is 11.2 Å². The zero-order chi connectivity index (χ0) is 16.2. The van der Waals surface area contributed by atoms with E-state index in [-0.39, 0.29) is 0 Å². The number of fused-ring (bicyclic) bond motifs is 1. The summed E-state index contributed by atoms with van der Waals surface area (Å²) < 4.78 is 6.84. The first-order valence-electron chi connectivity index (χ1n) is 7.50. The van der Waals surface area contributed by atoms with Crippen LogP contribution in [-0.4, -0.2) is 33.3 Å². The van der Waals surface area contributed by atoms with Crippen LogP contribution in [0.3, 0.4) is 0 Å². The van der Waals surface area contributed by atoms with Gasteiger partial charge in [0.15, 0.2) is 11.5 Å². The zero-order valence-corrected chi connectivity index (χ0v) is 13.3. The van der Waals surface area contributed by atoms with Crippen molar-refractivity contribution in [2.24, 2.45) is 0 Å². The quantitative estimate of drug-likeness (QED) is 0.679. The molecule has 3 aromatic rings. The lowest BCUT2D eigenvalue weighted by atomic mass is 10.2. The molecule has 0 radical (unpaired) electrons. The Bertz CT molecular complexity index is 813. The molecular formula is C16H20N6O. The SMILES string of the molecule is COCCCc1cnc(N)c2nc(Nc3cccc(C)c3)nn12. The molecule has 23 heavy (non-hydrogen) atoms. The van der Waals surface area contributed by atoms with E-state index in [0.29, 0.717) is 24.0 Å². The van der Waals surface area contributed by atoms with E-state index in [1.54, 1.807) is 17.8 Å². The molecule has 3 rings (SSSR count). The monoisotopic (exact) mass is 312 g/mol. The highest BCUT2D eigenvalue weighted by molar-refractivity contribution is 5.64. The van der Waals surface area contributed by atoms with Crippen molar-refractivity contribution < 1.29 is 4.74 Å². The smallest absolute Gasteiger partial charge is 0.247 e. The van der Waals surface area contributed by atoms with E-state index in [1.807, 2.05) is 31.2 Å². The molecule has 0 saturated heterocycles. The van der Waals surface area contributed by atoms with Gasteiger partial charge in [-0.3, -0.25) is 0 Å². The molecule has 0 aliphatic rings. The molecule has 0 spiro atoms. The summed E-state index contributed by atoms with van der Waals surface area (Å²) in [5.41, 5.74) is 9.55. The second-order valence-corrected chi connectivity index (χ2v) is 5.40. The lowest BCUT2D eigenvalue weighted by Crippen LogP contribution is -2.05. The standard InChI is InChI=1S/C16H20N6O/c1-11-5-3-6-12(9-11)19-16-20-15-14(17)18-10-13(22(15)21-16)7-4-8-23-2/h3,5-6,9-10H,4,7-8H2,1-2H3,(H2,17,18)(H,19,21). The minimum Gasteiger partial charge on any atom is -0.385 e. The normalized spacial score (nSPS) is 11.0. The molecule has 2 heterocycles. The van der Waals surface area contributed by atoms with Gasteiger partial charge in [0.2, 0.25) is 5.95 Å². The lowest BCUT2D eigenvalue weighted by molar-refractivity contribution is 0.194. The molecule has 1 aromatic carbocycles. The Kier molecular flexibility index (Phi) is 4.38. The van der Waals surface area contributed by atoms with Gasteiger partial charge in [-0.25, -0.2) is 9.50 Å². The number of nitrogens with two attached hydrogens (primary N) is 1. The molecule has 0 unspecified atom stereocenters. The number of aryl methyl sites for hydroxylation is 2. The van der Waals surface area contributed by atoms with Gasteiger partial charge in [0, 0.05) is 19.4 Å². The van der Waals surface area contributed by atoms with Crippen molar-refractivity contribution >= 4 is 23.1 Å². The Morgan fingerprint density at radius 1 is 1.35 bits per heavy atom. The number of hydrogen-bond acceptors (Lipinski definition) is 6. The molecule has 0 aliphatic heterocycles. The molecule has 120 valence electrons. The first-order chi connectivity index (χ1) is 11.2. The van der Waals surface area contributed by atoms with Crippen LogP contribution in [0.4, 0.5) is 17.5 Å². The van der Waals surface area contributed by atoms with Gasteiger partial charge < -0.3 is 15.8 Å². The molecule has 0 saturated carbocycles. The number of nitrogen functional groups attached to an aromatic ring is 1. The van der Waals surface area contributed by atoms with Gasteiger partial charge in [-0.2, -0.15) is 4.98 Å². The van der Waals surface area contributed by atoms with Gasteiger partial charge >= 0.3 is 0 Å². The van der Waals surface area contributed by atoms with E-state index >= 15 is 0 Å². The average molecular weight is 312 g/mol. The molecule has 7 nitrogen and oxygen atoms in total. The highest BCUT2D eigenvalue weighted by Gasteiger charge is 2.11. The van der Waals surface area contributed by atoms with Crippen LogP contribution in [0.1, 0.15) is 17.7 Å². The largest absolute Gasteiger partial charge is 0.385 e. The maximum atomic E-state index is 5.92. The molecule has 0 fully saturated rings. The summed E-state index contributed by atoms with van der Waals surface area (Å²) in [4.78, 5) is 8.65. The molecule has 2 aromatic heterocycles. The topological polar surface area (TPSA) is 90.4 Å². The van der Waals surface area contributed by atoms with Crippen LogP contribution in [0.2, 0.25) is 0 Å².